The zero-order valence-corrected chi connectivity index (χ0v) is 18.7. The largest absolute Gasteiger partial charge is 0.320 e. The van der Waals surface area contributed by atoms with E-state index in [-0.39, 0.29) is 38.9 Å². The summed E-state index contributed by atoms with van der Waals surface area (Å²) >= 11 is 5.51. The fourth-order valence-electron chi connectivity index (χ4n) is 2.68. The highest BCUT2D eigenvalue weighted by atomic mass is 79.9. The molecule has 0 aliphatic heterocycles. The van der Waals surface area contributed by atoms with Crippen LogP contribution in [0.15, 0.2) is 51.4 Å². The number of ketones is 1. The molecule has 1 aromatic heterocycles. The second-order valence-electron chi connectivity index (χ2n) is 6.41. The van der Waals surface area contributed by atoms with Crippen LogP contribution in [0.2, 0.25) is 0 Å². The van der Waals surface area contributed by atoms with E-state index in [1.807, 2.05) is 0 Å². The maximum absolute atomic E-state index is 13.6. The Hall–Kier alpha value is -2.59. The molecule has 160 valence electrons. The minimum absolute atomic E-state index is 0.0288. The first kappa shape index (κ1) is 23.1. The van der Waals surface area contributed by atoms with Crippen molar-refractivity contribution in [1.29, 1.82) is 0 Å². The van der Waals surface area contributed by atoms with Crippen molar-refractivity contribution in [1.82, 2.24) is 4.98 Å². The summed E-state index contributed by atoms with van der Waals surface area (Å²) < 4.78 is 53.8. The average Bonchev–Trinajstić information content (AvgIpc) is 2.74. The Morgan fingerprint density at radius 2 is 1.35 bits per heavy atom. The Kier molecular flexibility index (Phi) is 7.22. The lowest BCUT2D eigenvalue weighted by atomic mass is 10.1. The number of nitrogens with zero attached hydrogens (tertiary/aromatic N) is 1. The minimum Gasteiger partial charge on any atom is -0.320 e. The highest BCUT2D eigenvalue weighted by molar-refractivity contribution is 9.10. The molecule has 3 rings (SSSR count). The zero-order valence-electron chi connectivity index (χ0n) is 15.5. The molecule has 0 unspecified atom stereocenters. The molecule has 0 saturated heterocycles. The Bertz CT molecular complexity index is 1140. The highest BCUT2D eigenvalue weighted by Gasteiger charge is 2.16. The van der Waals surface area contributed by atoms with E-state index in [0.717, 1.165) is 24.3 Å². The molecule has 0 aliphatic rings. The van der Waals surface area contributed by atoms with E-state index in [9.17, 15) is 27.2 Å². The highest BCUT2D eigenvalue weighted by Crippen LogP contribution is 2.24. The van der Waals surface area contributed by atoms with Crippen LogP contribution in [0.1, 0.15) is 33.0 Å². The molecule has 2 aromatic carbocycles. The van der Waals surface area contributed by atoms with E-state index in [2.05, 4.69) is 42.2 Å². The molecule has 1 amide bonds. The number of carbonyl (C=O) groups is 2. The summed E-state index contributed by atoms with van der Waals surface area (Å²) in [6.07, 6.45) is -0.0305. The third-order valence-electron chi connectivity index (χ3n) is 4.19. The number of anilines is 1. The lowest BCUT2D eigenvalue weighted by molar-refractivity contribution is 0.0977. The van der Waals surface area contributed by atoms with Crippen molar-refractivity contribution in [3.8, 4) is 0 Å². The van der Waals surface area contributed by atoms with Gasteiger partial charge in [0.1, 0.15) is 34.7 Å². The molecular weight excluding hydrogens is 548 g/mol. The Balaban J connectivity index is 1.70. The van der Waals surface area contributed by atoms with Gasteiger partial charge in [-0.05, 0) is 80.2 Å². The van der Waals surface area contributed by atoms with E-state index in [1.165, 1.54) is 18.2 Å². The molecule has 10 heteroatoms. The van der Waals surface area contributed by atoms with Crippen LogP contribution in [0.3, 0.4) is 0 Å². The summed E-state index contributed by atoms with van der Waals surface area (Å²) in [7, 11) is 0. The fraction of sp³-hybridized carbons (Fsp3) is 0.0952. The van der Waals surface area contributed by atoms with Crippen molar-refractivity contribution >= 4 is 49.2 Å². The first-order valence-corrected chi connectivity index (χ1v) is 10.3. The standard InChI is InChI=1S/C21H12Br2F4N2O2/c22-19-12(24)6-10(7-13(19)25)4-5-18(30)16-2-1-3-17(29-16)21(31)28-11-8-14(26)20(23)15(27)9-11/h1-3,6-9H,4-5H2,(H,28,31). The second kappa shape index (κ2) is 9.69. The van der Waals surface area contributed by atoms with E-state index in [0.29, 0.717) is 5.56 Å². The summed E-state index contributed by atoms with van der Waals surface area (Å²) in [5.41, 5.74) is -0.00468. The van der Waals surface area contributed by atoms with E-state index in [1.54, 1.807) is 0 Å². The van der Waals surface area contributed by atoms with Crippen molar-refractivity contribution in [3.63, 3.8) is 0 Å². The fourth-order valence-corrected chi connectivity index (χ4v) is 3.14. The molecule has 0 spiro atoms. The molecule has 0 atom stereocenters. The van der Waals surface area contributed by atoms with Crippen LogP contribution >= 0.6 is 31.9 Å². The van der Waals surface area contributed by atoms with Gasteiger partial charge in [-0.3, -0.25) is 9.59 Å². The molecule has 31 heavy (non-hydrogen) atoms. The zero-order chi connectivity index (χ0) is 22.7. The number of rotatable bonds is 6. The van der Waals surface area contributed by atoms with Crippen LogP contribution < -0.4 is 5.32 Å². The van der Waals surface area contributed by atoms with Gasteiger partial charge in [0.25, 0.3) is 5.91 Å². The summed E-state index contributed by atoms with van der Waals surface area (Å²) in [5, 5.41) is 2.31. The van der Waals surface area contributed by atoms with Gasteiger partial charge in [-0.1, -0.05) is 6.07 Å². The molecule has 0 fully saturated rings. The van der Waals surface area contributed by atoms with Gasteiger partial charge in [-0.2, -0.15) is 0 Å². The number of pyridine rings is 1. The van der Waals surface area contributed by atoms with Crippen molar-refractivity contribution < 1.29 is 27.2 Å². The summed E-state index contributed by atoms with van der Waals surface area (Å²) in [4.78, 5) is 28.8. The molecule has 3 aromatic rings. The third kappa shape index (κ3) is 5.56. The molecule has 1 heterocycles. The molecule has 1 N–H and O–H groups in total. The van der Waals surface area contributed by atoms with Gasteiger partial charge in [0, 0.05) is 12.1 Å². The van der Waals surface area contributed by atoms with E-state index < -0.39 is 35.0 Å². The van der Waals surface area contributed by atoms with Gasteiger partial charge >= 0.3 is 0 Å². The van der Waals surface area contributed by atoms with Crippen LogP contribution in [-0.2, 0) is 6.42 Å². The summed E-state index contributed by atoms with van der Waals surface area (Å²) in [6.45, 7) is 0. The first-order valence-electron chi connectivity index (χ1n) is 8.75. The number of Topliss-reactive ketones (excluding diaryl/α,β-unsaturated/α-hetero) is 1. The van der Waals surface area contributed by atoms with Crippen LogP contribution in [0.5, 0.6) is 0 Å². The van der Waals surface area contributed by atoms with E-state index in [4.69, 9.17) is 0 Å². The molecule has 0 saturated carbocycles. The van der Waals surface area contributed by atoms with Gasteiger partial charge in [-0.15, -0.1) is 0 Å². The Morgan fingerprint density at radius 1 is 0.839 bits per heavy atom. The number of halogens is 6. The number of amides is 1. The van der Waals surface area contributed by atoms with Gasteiger partial charge < -0.3 is 5.32 Å². The number of hydrogen-bond acceptors (Lipinski definition) is 3. The normalized spacial score (nSPS) is 10.8. The minimum atomic E-state index is -0.895. The van der Waals surface area contributed by atoms with Crippen LogP contribution in [-0.4, -0.2) is 16.7 Å². The van der Waals surface area contributed by atoms with Crippen molar-refractivity contribution in [3.05, 3.63) is 91.6 Å². The molecule has 0 radical (unpaired) electrons. The maximum atomic E-state index is 13.6. The van der Waals surface area contributed by atoms with Gasteiger partial charge in [0.05, 0.1) is 8.95 Å². The number of nitrogens with one attached hydrogen (secondary N) is 1. The van der Waals surface area contributed by atoms with Crippen molar-refractivity contribution in [2.45, 2.75) is 12.8 Å². The maximum Gasteiger partial charge on any atom is 0.274 e. The number of benzene rings is 2. The predicted octanol–water partition coefficient (Wildman–Crippen LogP) is 6.23. The molecule has 0 aliphatic carbocycles. The third-order valence-corrected chi connectivity index (χ3v) is 5.71. The predicted molar refractivity (Wildman–Crippen MR) is 113 cm³/mol. The topological polar surface area (TPSA) is 59.1 Å². The number of aromatic nitrogens is 1. The van der Waals surface area contributed by atoms with Crippen molar-refractivity contribution in [2.24, 2.45) is 0 Å². The SMILES string of the molecule is O=C(CCc1cc(F)c(Br)c(F)c1)c1cccc(C(=O)Nc2cc(F)c(Br)c(F)c2)n1. The average molecular weight is 560 g/mol. The van der Waals surface area contributed by atoms with Gasteiger partial charge in [0.15, 0.2) is 5.78 Å². The molecule has 0 bridgehead atoms. The number of aryl methyl sites for hydroxylation is 1. The van der Waals surface area contributed by atoms with Crippen LogP contribution in [0, 0.1) is 23.3 Å². The monoisotopic (exact) mass is 558 g/mol. The lowest BCUT2D eigenvalue weighted by Gasteiger charge is -2.08. The Morgan fingerprint density at radius 3 is 1.94 bits per heavy atom. The molecular formula is C21H12Br2F4N2O2. The quantitative estimate of drug-likeness (QED) is 0.221. The number of carbonyl (C=O) groups excluding carboxylic acids is 2. The lowest BCUT2D eigenvalue weighted by Crippen LogP contribution is -2.16. The Labute approximate surface area is 190 Å². The summed E-state index contributed by atoms with van der Waals surface area (Å²) in [5.74, 6) is -4.56. The van der Waals surface area contributed by atoms with Gasteiger partial charge in [0.2, 0.25) is 0 Å². The second-order valence-corrected chi connectivity index (χ2v) is 8.00. The summed E-state index contributed by atoms with van der Waals surface area (Å²) in [6, 6.07) is 8.24. The van der Waals surface area contributed by atoms with Crippen LogP contribution in [0.25, 0.3) is 0 Å². The van der Waals surface area contributed by atoms with Crippen molar-refractivity contribution in [2.75, 3.05) is 5.32 Å². The number of hydrogen-bond donors (Lipinski definition) is 1. The van der Waals surface area contributed by atoms with Gasteiger partial charge in [-0.25, -0.2) is 22.5 Å². The smallest absolute Gasteiger partial charge is 0.274 e. The molecule has 4 nitrogen and oxygen atoms in total. The first-order chi connectivity index (χ1) is 14.7. The van der Waals surface area contributed by atoms with Crippen LogP contribution in [0.4, 0.5) is 23.2 Å². The van der Waals surface area contributed by atoms with E-state index >= 15 is 0 Å².